The van der Waals surface area contributed by atoms with E-state index in [-0.39, 0.29) is 5.78 Å². The highest BCUT2D eigenvalue weighted by molar-refractivity contribution is 5.99. The van der Waals surface area contributed by atoms with E-state index in [1.54, 1.807) is 6.07 Å². The second-order valence-electron chi connectivity index (χ2n) is 4.48. The summed E-state index contributed by atoms with van der Waals surface area (Å²) < 4.78 is 5.21. The van der Waals surface area contributed by atoms with Crippen molar-refractivity contribution >= 4 is 16.9 Å². The van der Waals surface area contributed by atoms with Gasteiger partial charge < -0.3 is 9.73 Å². The van der Waals surface area contributed by atoms with Crippen LogP contribution in [0.2, 0.25) is 0 Å². The third-order valence-electron chi connectivity index (χ3n) is 3.23. The van der Waals surface area contributed by atoms with Crippen LogP contribution in [0.15, 0.2) is 29.0 Å². The van der Waals surface area contributed by atoms with Crippen LogP contribution in [0.3, 0.4) is 0 Å². The van der Waals surface area contributed by atoms with Gasteiger partial charge in [-0.1, -0.05) is 0 Å². The van der Waals surface area contributed by atoms with E-state index in [0.29, 0.717) is 17.7 Å². The van der Waals surface area contributed by atoms with Crippen LogP contribution >= 0.6 is 0 Å². The minimum atomic E-state index is 0.134. The fourth-order valence-electron chi connectivity index (χ4n) is 2.19. The van der Waals surface area contributed by atoms with Crippen molar-refractivity contribution in [2.24, 2.45) is 0 Å². The zero-order valence-electron chi connectivity index (χ0n) is 10.1. The molecular formula is C13H15N3O2. The number of carbonyl (C=O) groups is 1. The van der Waals surface area contributed by atoms with Crippen molar-refractivity contribution in [3.8, 4) is 0 Å². The molecule has 94 valence electrons. The molecule has 1 aliphatic heterocycles. The Hall–Kier alpha value is -1.72. The van der Waals surface area contributed by atoms with E-state index < -0.39 is 0 Å². The lowest BCUT2D eigenvalue weighted by Gasteiger charge is -2.26. The molecule has 0 saturated carbocycles. The molecule has 0 unspecified atom stereocenters. The standard InChI is InChI=1S/C13H15N3O2/c17-12(8-16-5-3-14-4-6-16)10-1-2-11-13(7-10)18-9-15-11/h1-2,7,9,14H,3-6,8H2. The molecule has 18 heavy (non-hydrogen) atoms. The van der Waals surface area contributed by atoms with Gasteiger partial charge >= 0.3 is 0 Å². The van der Waals surface area contributed by atoms with Crippen LogP contribution in [-0.4, -0.2) is 48.4 Å². The van der Waals surface area contributed by atoms with Gasteiger partial charge in [-0.05, 0) is 18.2 Å². The molecule has 1 aromatic heterocycles. The second kappa shape index (κ2) is 4.88. The van der Waals surface area contributed by atoms with Gasteiger partial charge in [0.25, 0.3) is 0 Å². The van der Waals surface area contributed by atoms with Crippen LogP contribution in [0.4, 0.5) is 0 Å². The molecule has 5 nitrogen and oxygen atoms in total. The first kappa shape index (κ1) is 11.4. The number of hydrogen-bond donors (Lipinski definition) is 1. The molecule has 1 aromatic carbocycles. The molecule has 2 heterocycles. The van der Waals surface area contributed by atoms with Crippen LogP contribution in [-0.2, 0) is 0 Å². The summed E-state index contributed by atoms with van der Waals surface area (Å²) in [5, 5.41) is 3.27. The minimum Gasteiger partial charge on any atom is -0.443 e. The minimum absolute atomic E-state index is 0.134. The van der Waals surface area contributed by atoms with Crippen molar-refractivity contribution in [3.63, 3.8) is 0 Å². The Bertz CT molecular complexity index is 558. The third-order valence-corrected chi connectivity index (χ3v) is 3.23. The van der Waals surface area contributed by atoms with E-state index in [0.717, 1.165) is 31.7 Å². The summed E-state index contributed by atoms with van der Waals surface area (Å²) >= 11 is 0. The fourth-order valence-corrected chi connectivity index (χ4v) is 2.19. The highest BCUT2D eigenvalue weighted by Crippen LogP contribution is 2.15. The highest BCUT2D eigenvalue weighted by Gasteiger charge is 2.15. The number of aromatic nitrogens is 1. The van der Waals surface area contributed by atoms with Crippen molar-refractivity contribution in [1.82, 2.24) is 15.2 Å². The predicted molar refractivity (Wildman–Crippen MR) is 67.6 cm³/mol. The lowest BCUT2D eigenvalue weighted by molar-refractivity contribution is 0.0921. The van der Waals surface area contributed by atoms with Crippen LogP contribution in [0.5, 0.6) is 0 Å². The van der Waals surface area contributed by atoms with Crippen LogP contribution in [0.25, 0.3) is 11.1 Å². The topological polar surface area (TPSA) is 58.4 Å². The number of nitrogens with one attached hydrogen (secondary N) is 1. The van der Waals surface area contributed by atoms with Gasteiger partial charge in [-0.25, -0.2) is 4.98 Å². The zero-order valence-corrected chi connectivity index (χ0v) is 10.1. The summed E-state index contributed by atoms with van der Waals surface area (Å²) in [6.07, 6.45) is 1.40. The quantitative estimate of drug-likeness (QED) is 0.815. The lowest BCUT2D eigenvalue weighted by atomic mass is 10.1. The maximum Gasteiger partial charge on any atom is 0.181 e. The SMILES string of the molecule is O=C(CN1CCNCC1)c1ccc2ncoc2c1. The van der Waals surface area contributed by atoms with Gasteiger partial charge in [0.05, 0.1) is 6.54 Å². The Balaban J connectivity index is 1.74. The Morgan fingerprint density at radius 1 is 1.39 bits per heavy atom. The number of fused-ring (bicyclic) bond motifs is 1. The Kier molecular flexibility index (Phi) is 3.08. The molecule has 0 aliphatic carbocycles. The number of rotatable bonds is 3. The molecule has 0 amide bonds. The van der Waals surface area contributed by atoms with Crippen molar-refractivity contribution < 1.29 is 9.21 Å². The smallest absolute Gasteiger partial charge is 0.181 e. The molecule has 1 N–H and O–H groups in total. The maximum atomic E-state index is 12.2. The van der Waals surface area contributed by atoms with E-state index in [9.17, 15) is 4.79 Å². The van der Waals surface area contributed by atoms with Gasteiger partial charge in [-0.2, -0.15) is 0 Å². The molecule has 0 spiro atoms. The largest absolute Gasteiger partial charge is 0.443 e. The molecule has 2 aromatic rings. The van der Waals surface area contributed by atoms with E-state index >= 15 is 0 Å². The van der Waals surface area contributed by atoms with Gasteiger partial charge in [0.15, 0.2) is 17.8 Å². The first-order valence-corrected chi connectivity index (χ1v) is 6.12. The summed E-state index contributed by atoms with van der Waals surface area (Å²) in [7, 11) is 0. The summed E-state index contributed by atoms with van der Waals surface area (Å²) in [5.74, 6) is 0.134. The molecule has 1 saturated heterocycles. The summed E-state index contributed by atoms with van der Waals surface area (Å²) in [5.41, 5.74) is 2.15. The lowest BCUT2D eigenvalue weighted by Crippen LogP contribution is -2.45. The molecule has 1 fully saturated rings. The Morgan fingerprint density at radius 2 is 2.22 bits per heavy atom. The number of piperazine rings is 1. The number of benzene rings is 1. The average Bonchev–Trinajstić information content (AvgIpc) is 2.87. The normalized spacial score (nSPS) is 17.1. The molecule has 0 atom stereocenters. The molecule has 5 heteroatoms. The number of ketones is 1. The molecule has 0 radical (unpaired) electrons. The van der Waals surface area contributed by atoms with Gasteiger partial charge in [0.2, 0.25) is 0 Å². The first-order chi connectivity index (χ1) is 8.83. The van der Waals surface area contributed by atoms with Crippen LogP contribution in [0, 0.1) is 0 Å². The van der Waals surface area contributed by atoms with Crippen molar-refractivity contribution in [2.75, 3.05) is 32.7 Å². The molecule has 1 aliphatic rings. The predicted octanol–water partition coefficient (Wildman–Crippen LogP) is 0.916. The van der Waals surface area contributed by atoms with Crippen molar-refractivity contribution in [3.05, 3.63) is 30.2 Å². The first-order valence-electron chi connectivity index (χ1n) is 6.12. The number of nitrogens with zero attached hydrogens (tertiary/aromatic N) is 2. The van der Waals surface area contributed by atoms with Gasteiger partial charge in [-0.15, -0.1) is 0 Å². The van der Waals surface area contributed by atoms with E-state index in [1.807, 2.05) is 12.1 Å². The summed E-state index contributed by atoms with van der Waals surface area (Å²) in [6.45, 7) is 4.23. The second-order valence-corrected chi connectivity index (χ2v) is 4.48. The number of Topliss-reactive ketones (excluding diaryl/α,β-unsaturated/α-hetero) is 1. The number of oxazole rings is 1. The van der Waals surface area contributed by atoms with E-state index in [1.165, 1.54) is 6.39 Å². The fraction of sp³-hybridized carbons (Fsp3) is 0.385. The Labute approximate surface area is 105 Å². The average molecular weight is 245 g/mol. The van der Waals surface area contributed by atoms with Crippen molar-refractivity contribution in [1.29, 1.82) is 0 Å². The van der Waals surface area contributed by atoms with E-state index in [2.05, 4.69) is 15.2 Å². The van der Waals surface area contributed by atoms with E-state index in [4.69, 9.17) is 4.42 Å². The highest BCUT2D eigenvalue weighted by atomic mass is 16.3. The van der Waals surface area contributed by atoms with Gasteiger partial charge in [-0.3, -0.25) is 9.69 Å². The number of hydrogen-bond acceptors (Lipinski definition) is 5. The third kappa shape index (κ3) is 2.27. The summed E-state index contributed by atoms with van der Waals surface area (Å²) in [4.78, 5) is 18.4. The monoisotopic (exact) mass is 245 g/mol. The van der Waals surface area contributed by atoms with Crippen LogP contribution < -0.4 is 5.32 Å². The zero-order chi connectivity index (χ0) is 12.4. The Morgan fingerprint density at radius 3 is 3.06 bits per heavy atom. The molecular weight excluding hydrogens is 230 g/mol. The van der Waals surface area contributed by atoms with Gasteiger partial charge in [0, 0.05) is 31.7 Å². The van der Waals surface area contributed by atoms with Crippen LogP contribution in [0.1, 0.15) is 10.4 Å². The maximum absolute atomic E-state index is 12.2. The number of carbonyl (C=O) groups excluding carboxylic acids is 1. The molecule has 3 rings (SSSR count). The van der Waals surface area contributed by atoms with Crippen molar-refractivity contribution in [2.45, 2.75) is 0 Å². The van der Waals surface area contributed by atoms with Gasteiger partial charge in [0.1, 0.15) is 5.52 Å². The molecule has 0 bridgehead atoms. The summed E-state index contributed by atoms with van der Waals surface area (Å²) in [6, 6.07) is 5.41.